The van der Waals surface area contributed by atoms with Crippen molar-refractivity contribution < 1.29 is 45.4 Å². The summed E-state index contributed by atoms with van der Waals surface area (Å²) in [4.78, 5) is 35.1. The van der Waals surface area contributed by atoms with E-state index in [1.165, 1.54) is 30.5 Å². The molecule has 1 atom stereocenters. The second kappa shape index (κ2) is 12.1. The van der Waals surface area contributed by atoms with Crippen molar-refractivity contribution in [1.82, 2.24) is 24.8 Å². The number of aromatic nitrogens is 3. The average Bonchev–Trinajstić information content (AvgIpc) is 3.30. The van der Waals surface area contributed by atoms with Gasteiger partial charge in [-0.3, -0.25) is 9.78 Å². The van der Waals surface area contributed by atoms with E-state index in [-0.39, 0.29) is 47.9 Å². The first-order chi connectivity index (χ1) is 20.1. The number of ether oxygens (including phenoxy) is 2. The number of pyridine rings is 1. The Bertz CT molecular complexity index is 1520. The lowest BCUT2D eigenvalue weighted by atomic mass is 10.0. The van der Waals surface area contributed by atoms with Gasteiger partial charge in [-0.2, -0.15) is 13.2 Å². The van der Waals surface area contributed by atoms with Crippen LogP contribution in [-0.4, -0.2) is 56.7 Å². The summed E-state index contributed by atoms with van der Waals surface area (Å²) in [6.45, 7) is 4.16. The van der Waals surface area contributed by atoms with Gasteiger partial charge in [0.2, 0.25) is 11.7 Å². The zero-order valence-electron chi connectivity index (χ0n) is 23.7. The maximum absolute atomic E-state index is 14.5. The second-order valence-corrected chi connectivity index (χ2v) is 10.9. The van der Waals surface area contributed by atoms with Crippen molar-refractivity contribution >= 4 is 12.0 Å². The summed E-state index contributed by atoms with van der Waals surface area (Å²) in [7, 11) is 1.33. The van der Waals surface area contributed by atoms with E-state index in [9.17, 15) is 35.9 Å². The van der Waals surface area contributed by atoms with Gasteiger partial charge < -0.3 is 24.3 Å². The van der Waals surface area contributed by atoms with E-state index in [0.29, 0.717) is 12.1 Å². The number of alkyl carbamates (subject to hydrolysis) is 1. The fourth-order valence-corrected chi connectivity index (χ4v) is 4.73. The molecule has 0 saturated carbocycles. The summed E-state index contributed by atoms with van der Waals surface area (Å²) in [5.74, 6) is -5.36. The molecule has 1 N–H and O–H groups in total. The molecule has 0 aliphatic carbocycles. The SMILES string of the molecule is COc1cnccc1-c1nc(C(F)(F)F)n2c1CN(C(=O)CC(Cc1cc(F)c(F)cc1F)NC(=O)OC(C)(C)C)CC2. The highest BCUT2D eigenvalue weighted by Gasteiger charge is 2.41. The van der Waals surface area contributed by atoms with E-state index < -0.39 is 65.9 Å². The van der Waals surface area contributed by atoms with E-state index in [0.717, 1.165) is 4.57 Å². The average molecular weight is 614 g/mol. The lowest BCUT2D eigenvalue weighted by molar-refractivity contribution is -0.148. The summed E-state index contributed by atoms with van der Waals surface area (Å²) in [6, 6.07) is 1.29. The Morgan fingerprint density at radius 3 is 2.42 bits per heavy atom. The molecule has 15 heteroatoms. The van der Waals surface area contributed by atoms with Crippen molar-refractivity contribution in [2.75, 3.05) is 13.7 Å². The summed E-state index contributed by atoms with van der Waals surface area (Å²) in [5.41, 5.74) is -0.926. The summed E-state index contributed by atoms with van der Waals surface area (Å²) >= 11 is 0. The van der Waals surface area contributed by atoms with Gasteiger partial charge in [0.05, 0.1) is 31.2 Å². The van der Waals surface area contributed by atoms with Crippen molar-refractivity contribution in [2.45, 2.75) is 64.5 Å². The number of alkyl halides is 3. The molecule has 3 heterocycles. The number of benzene rings is 1. The molecule has 1 aliphatic rings. The Hall–Kier alpha value is -4.30. The zero-order valence-corrected chi connectivity index (χ0v) is 23.7. The number of hydrogen-bond donors (Lipinski definition) is 1. The molecule has 232 valence electrons. The molecule has 2 amide bonds. The van der Waals surface area contributed by atoms with Crippen molar-refractivity contribution in [3.05, 3.63) is 65.1 Å². The van der Waals surface area contributed by atoms with Crippen molar-refractivity contribution in [3.63, 3.8) is 0 Å². The van der Waals surface area contributed by atoms with Gasteiger partial charge in [0.15, 0.2) is 11.6 Å². The Morgan fingerprint density at radius 1 is 1.07 bits per heavy atom. The monoisotopic (exact) mass is 613 g/mol. The van der Waals surface area contributed by atoms with Crippen LogP contribution < -0.4 is 10.1 Å². The van der Waals surface area contributed by atoms with Crippen molar-refractivity contribution in [3.8, 4) is 17.0 Å². The van der Waals surface area contributed by atoms with E-state index >= 15 is 0 Å². The first-order valence-corrected chi connectivity index (χ1v) is 13.1. The topological polar surface area (TPSA) is 98.6 Å². The molecule has 1 unspecified atom stereocenters. The molecule has 0 saturated heterocycles. The number of nitrogens with zero attached hydrogens (tertiary/aromatic N) is 4. The van der Waals surface area contributed by atoms with Crippen LogP contribution in [-0.2, 0) is 35.2 Å². The van der Waals surface area contributed by atoms with E-state index in [1.54, 1.807) is 20.8 Å². The highest BCUT2D eigenvalue weighted by molar-refractivity contribution is 5.79. The summed E-state index contributed by atoms with van der Waals surface area (Å²) in [5, 5.41) is 2.47. The number of halogens is 6. The zero-order chi connectivity index (χ0) is 31.7. The van der Waals surface area contributed by atoms with Gasteiger partial charge in [0.1, 0.15) is 17.2 Å². The third kappa shape index (κ3) is 7.38. The van der Waals surface area contributed by atoms with Gasteiger partial charge >= 0.3 is 12.3 Å². The van der Waals surface area contributed by atoms with Crippen LogP contribution in [0.1, 0.15) is 44.3 Å². The number of amides is 2. The largest absolute Gasteiger partial charge is 0.494 e. The molecular weight excluding hydrogens is 584 g/mol. The molecule has 0 fully saturated rings. The smallest absolute Gasteiger partial charge is 0.449 e. The molecule has 0 bridgehead atoms. The standard InChI is InChI=1S/C28H29F6N5O4/c1-27(2,3)43-26(41)36-16(9-15-10-19(30)20(31)12-18(15)29)11-23(40)38-7-8-39-21(14-38)24(37-25(39)28(32,33)34)17-5-6-35-13-22(17)42-4/h5-6,10,12-13,16H,7-9,11,14H2,1-4H3,(H,36,41). The van der Waals surface area contributed by atoms with Gasteiger partial charge in [0, 0.05) is 43.4 Å². The molecular formula is C28H29F6N5O4. The first kappa shape index (κ1) is 31.6. The molecule has 0 spiro atoms. The summed E-state index contributed by atoms with van der Waals surface area (Å²) in [6.07, 6.45) is -3.89. The predicted octanol–water partition coefficient (Wildman–Crippen LogP) is 5.26. The molecule has 9 nitrogen and oxygen atoms in total. The maximum Gasteiger partial charge on any atom is 0.449 e. The minimum absolute atomic E-state index is 0.0450. The van der Waals surface area contributed by atoms with Gasteiger partial charge in [-0.05, 0) is 44.9 Å². The Kier molecular flexibility index (Phi) is 8.92. The quantitative estimate of drug-likeness (QED) is 0.289. The van der Waals surface area contributed by atoms with Gasteiger partial charge in [-0.1, -0.05) is 0 Å². The number of methoxy groups -OCH3 is 1. The minimum atomic E-state index is -4.78. The predicted molar refractivity (Wildman–Crippen MR) is 140 cm³/mol. The third-order valence-corrected chi connectivity index (χ3v) is 6.57. The number of imidazole rings is 1. The third-order valence-electron chi connectivity index (χ3n) is 6.57. The molecule has 43 heavy (non-hydrogen) atoms. The van der Waals surface area contributed by atoms with Crippen LogP contribution in [0.3, 0.4) is 0 Å². The Balaban J connectivity index is 1.63. The lowest BCUT2D eigenvalue weighted by Crippen LogP contribution is -2.45. The number of rotatable bonds is 7. The molecule has 3 aromatic rings. The fourth-order valence-electron chi connectivity index (χ4n) is 4.73. The highest BCUT2D eigenvalue weighted by atomic mass is 19.4. The van der Waals surface area contributed by atoms with E-state index in [4.69, 9.17) is 9.47 Å². The molecule has 1 aromatic carbocycles. The fraction of sp³-hybridized carbons (Fsp3) is 0.429. The van der Waals surface area contributed by atoms with E-state index in [1.807, 2.05) is 0 Å². The van der Waals surface area contributed by atoms with Gasteiger partial charge in [0.25, 0.3) is 0 Å². The van der Waals surface area contributed by atoms with Crippen LogP contribution in [0.5, 0.6) is 5.75 Å². The molecule has 1 aliphatic heterocycles. The van der Waals surface area contributed by atoms with Crippen LogP contribution in [0.4, 0.5) is 31.1 Å². The molecule has 0 radical (unpaired) electrons. The van der Waals surface area contributed by atoms with Crippen LogP contribution >= 0.6 is 0 Å². The Morgan fingerprint density at radius 2 is 1.77 bits per heavy atom. The molecule has 4 rings (SSSR count). The number of carbonyl (C=O) groups is 2. The van der Waals surface area contributed by atoms with Crippen LogP contribution in [0.2, 0.25) is 0 Å². The minimum Gasteiger partial charge on any atom is -0.494 e. The first-order valence-electron chi connectivity index (χ1n) is 13.1. The normalized spacial score (nSPS) is 14.2. The summed E-state index contributed by atoms with van der Waals surface area (Å²) < 4.78 is 95.0. The Labute approximate surface area is 242 Å². The van der Waals surface area contributed by atoms with Crippen LogP contribution in [0.25, 0.3) is 11.3 Å². The second-order valence-electron chi connectivity index (χ2n) is 10.9. The van der Waals surface area contributed by atoms with Gasteiger partial charge in [-0.25, -0.2) is 22.9 Å². The molecule has 2 aromatic heterocycles. The van der Waals surface area contributed by atoms with Crippen LogP contribution in [0.15, 0.2) is 30.6 Å². The lowest BCUT2D eigenvalue weighted by Gasteiger charge is -2.31. The van der Waals surface area contributed by atoms with Gasteiger partial charge in [-0.15, -0.1) is 0 Å². The number of carbonyl (C=O) groups excluding carboxylic acids is 2. The number of nitrogens with one attached hydrogen (secondary N) is 1. The number of hydrogen-bond acceptors (Lipinski definition) is 6. The van der Waals surface area contributed by atoms with E-state index in [2.05, 4.69) is 15.3 Å². The number of fused-ring (bicyclic) bond motifs is 1. The maximum atomic E-state index is 14.5. The van der Waals surface area contributed by atoms with Crippen molar-refractivity contribution in [2.24, 2.45) is 0 Å². The van der Waals surface area contributed by atoms with Crippen LogP contribution in [0, 0.1) is 17.5 Å². The highest BCUT2D eigenvalue weighted by Crippen LogP contribution is 2.38. The van der Waals surface area contributed by atoms with Crippen molar-refractivity contribution in [1.29, 1.82) is 0 Å².